The topological polar surface area (TPSA) is 81.3 Å². The van der Waals surface area contributed by atoms with Gasteiger partial charge in [0.25, 0.3) is 0 Å². The molecule has 4 aromatic rings. The van der Waals surface area contributed by atoms with Gasteiger partial charge in [-0.1, -0.05) is 12.1 Å². The highest BCUT2D eigenvalue weighted by molar-refractivity contribution is 7.10. The minimum absolute atomic E-state index is 0.474. The lowest BCUT2D eigenvalue weighted by atomic mass is 9.97. The molecular formula is C19H19N7OS. The van der Waals surface area contributed by atoms with Crippen LogP contribution >= 0.6 is 11.3 Å². The predicted octanol–water partition coefficient (Wildman–Crippen LogP) is 3.04. The molecule has 142 valence electrons. The summed E-state index contributed by atoms with van der Waals surface area (Å²) in [5.74, 6) is 2.24. The zero-order valence-corrected chi connectivity index (χ0v) is 16.2. The molecule has 0 spiro atoms. The second-order valence-corrected chi connectivity index (χ2v) is 7.64. The molecule has 0 unspecified atom stereocenters. The van der Waals surface area contributed by atoms with Gasteiger partial charge in [0.2, 0.25) is 0 Å². The largest absolute Gasteiger partial charge is 0.496 e. The summed E-state index contributed by atoms with van der Waals surface area (Å²) in [7, 11) is 1.70. The number of ether oxygens (including phenoxy) is 1. The van der Waals surface area contributed by atoms with Gasteiger partial charge < -0.3 is 9.64 Å². The summed E-state index contributed by atoms with van der Waals surface area (Å²) in [6.45, 7) is 1.88. The van der Waals surface area contributed by atoms with E-state index in [1.165, 1.54) is 9.64 Å². The number of fused-ring (bicyclic) bond motifs is 1. The number of tetrazole rings is 1. The third kappa shape index (κ3) is 3.07. The number of para-hydroxylation sites is 1. The second-order valence-electron chi connectivity index (χ2n) is 6.75. The van der Waals surface area contributed by atoms with Crippen molar-refractivity contribution in [3.05, 3.63) is 46.8 Å². The number of benzene rings is 1. The van der Waals surface area contributed by atoms with E-state index in [4.69, 9.17) is 9.72 Å². The number of anilines is 1. The first kappa shape index (κ1) is 17.1. The molecule has 9 heteroatoms. The molecule has 1 aromatic carbocycles. The van der Waals surface area contributed by atoms with Crippen LogP contribution in [-0.2, 0) is 0 Å². The van der Waals surface area contributed by atoms with Crippen molar-refractivity contribution in [3.63, 3.8) is 0 Å². The molecule has 0 amide bonds. The van der Waals surface area contributed by atoms with E-state index in [2.05, 4.69) is 37.0 Å². The third-order valence-electron chi connectivity index (χ3n) is 5.13. The van der Waals surface area contributed by atoms with Crippen LogP contribution in [0.5, 0.6) is 5.75 Å². The van der Waals surface area contributed by atoms with Crippen molar-refractivity contribution in [2.75, 3.05) is 25.1 Å². The van der Waals surface area contributed by atoms with E-state index < -0.39 is 0 Å². The molecule has 0 radical (unpaired) electrons. The van der Waals surface area contributed by atoms with Crippen LogP contribution < -0.4 is 9.64 Å². The Balaban J connectivity index is 1.30. The van der Waals surface area contributed by atoms with Crippen LogP contribution in [-0.4, -0.2) is 50.4 Å². The van der Waals surface area contributed by atoms with Crippen molar-refractivity contribution in [2.24, 2.45) is 0 Å². The Morgan fingerprint density at radius 2 is 1.96 bits per heavy atom. The lowest BCUT2D eigenvalue weighted by molar-refractivity contribution is 0.416. The molecule has 28 heavy (non-hydrogen) atoms. The van der Waals surface area contributed by atoms with Gasteiger partial charge in [-0.25, -0.2) is 4.98 Å². The summed E-state index contributed by atoms with van der Waals surface area (Å²) < 4.78 is 6.95. The highest BCUT2D eigenvalue weighted by Crippen LogP contribution is 2.36. The average molecular weight is 393 g/mol. The number of rotatable bonds is 4. The third-order valence-corrected chi connectivity index (χ3v) is 6.14. The molecule has 1 saturated heterocycles. The number of methoxy groups -OCH3 is 1. The van der Waals surface area contributed by atoms with Gasteiger partial charge in [-0.3, -0.25) is 0 Å². The standard InChI is InChI=1S/C19H19N7OS/c1-27-16-5-3-2-4-14(16)15-12-28-19(20-15)13-8-10-25(11-9-13)18-7-6-17-21-23-24-26(17)22-18/h2-7,12-13H,8-11H2,1H3. The molecular weight excluding hydrogens is 374 g/mol. The van der Waals surface area contributed by atoms with Crippen LogP contribution in [0.25, 0.3) is 16.9 Å². The number of hydrogen-bond donors (Lipinski definition) is 0. The van der Waals surface area contributed by atoms with Crippen molar-refractivity contribution in [1.82, 2.24) is 30.2 Å². The van der Waals surface area contributed by atoms with Gasteiger partial charge in [0.05, 0.1) is 17.8 Å². The Labute approximate surface area is 165 Å². The van der Waals surface area contributed by atoms with E-state index in [1.54, 1.807) is 18.4 Å². The van der Waals surface area contributed by atoms with Crippen molar-refractivity contribution >= 4 is 22.8 Å². The van der Waals surface area contributed by atoms with Crippen molar-refractivity contribution in [3.8, 4) is 17.0 Å². The van der Waals surface area contributed by atoms with Crippen LogP contribution in [0.4, 0.5) is 5.82 Å². The molecule has 1 aliphatic heterocycles. The van der Waals surface area contributed by atoms with Gasteiger partial charge >= 0.3 is 0 Å². The highest BCUT2D eigenvalue weighted by atomic mass is 32.1. The first-order valence-corrected chi connectivity index (χ1v) is 10.1. The Kier molecular flexibility index (Phi) is 4.36. The summed E-state index contributed by atoms with van der Waals surface area (Å²) in [6.07, 6.45) is 2.10. The summed E-state index contributed by atoms with van der Waals surface area (Å²) >= 11 is 1.74. The highest BCUT2D eigenvalue weighted by Gasteiger charge is 2.24. The number of piperidine rings is 1. The van der Waals surface area contributed by atoms with E-state index in [0.29, 0.717) is 11.6 Å². The van der Waals surface area contributed by atoms with Crippen LogP contribution in [0.2, 0.25) is 0 Å². The molecule has 0 N–H and O–H groups in total. The molecule has 4 heterocycles. The van der Waals surface area contributed by atoms with Gasteiger partial charge in [-0.15, -0.1) is 26.2 Å². The summed E-state index contributed by atoms with van der Waals surface area (Å²) in [5, 5.41) is 19.3. The Morgan fingerprint density at radius 3 is 2.82 bits per heavy atom. The zero-order chi connectivity index (χ0) is 18.9. The van der Waals surface area contributed by atoms with Gasteiger partial charge in [0.1, 0.15) is 5.75 Å². The molecule has 0 bridgehead atoms. The van der Waals surface area contributed by atoms with Crippen LogP contribution in [0.15, 0.2) is 41.8 Å². The van der Waals surface area contributed by atoms with Crippen molar-refractivity contribution < 1.29 is 4.74 Å². The molecule has 0 saturated carbocycles. The normalized spacial score (nSPS) is 15.2. The van der Waals surface area contributed by atoms with E-state index >= 15 is 0 Å². The maximum absolute atomic E-state index is 5.48. The van der Waals surface area contributed by atoms with Gasteiger partial charge in [-0.2, -0.15) is 0 Å². The fourth-order valence-corrected chi connectivity index (χ4v) is 4.61. The number of aromatic nitrogens is 6. The molecule has 1 aliphatic rings. The Bertz CT molecular complexity index is 1100. The molecule has 3 aromatic heterocycles. The lowest BCUT2D eigenvalue weighted by Crippen LogP contribution is -2.33. The first-order valence-electron chi connectivity index (χ1n) is 9.21. The average Bonchev–Trinajstić information content (AvgIpc) is 3.43. The number of hydrogen-bond acceptors (Lipinski definition) is 8. The quantitative estimate of drug-likeness (QED) is 0.527. The smallest absolute Gasteiger partial charge is 0.200 e. The predicted molar refractivity (Wildman–Crippen MR) is 107 cm³/mol. The van der Waals surface area contributed by atoms with Crippen LogP contribution in [0.3, 0.4) is 0 Å². The maximum atomic E-state index is 5.48. The van der Waals surface area contributed by atoms with Gasteiger partial charge in [0.15, 0.2) is 11.5 Å². The zero-order valence-electron chi connectivity index (χ0n) is 15.4. The fraction of sp³-hybridized carbons (Fsp3) is 0.316. The van der Waals surface area contributed by atoms with Crippen molar-refractivity contribution in [1.29, 1.82) is 0 Å². The van der Waals surface area contributed by atoms with Gasteiger partial charge in [0, 0.05) is 30.0 Å². The fourth-order valence-electron chi connectivity index (χ4n) is 3.62. The summed E-state index contributed by atoms with van der Waals surface area (Å²) in [4.78, 5) is 7.20. The first-order chi connectivity index (χ1) is 13.8. The minimum Gasteiger partial charge on any atom is -0.496 e. The number of thiazole rings is 1. The SMILES string of the molecule is COc1ccccc1-c1csc(C2CCN(c3ccc4nnnn4n3)CC2)n1. The maximum Gasteiger partial charge on any atom is 0.200 e. The minimum atomic E-state index is 0.474. The summed E-state index contributed by atoms with van der Waals surface area (Å²) in [6, 6.07) is 11.9. The molecule has 5 rings (SSSR count). The van der Waals surface area contributed by atoms with Crippen LogP contribution in [0.1, 0.15) is 23.8 Å². The van der Waals surface area contributed by atoms with E-state index in [1.807, 2.05) is 30.3 Å². The van der Waals surface area contributed by atoms with E-state index in [-0.39, 0.29) is 0 Å². The number of nitrogens with zero attached hydrogens (tertiary/aromatic N) is 7. The molecule has 8 nitrogen and oxygen atoms in total. The lowest BCUT2D eigenvalue weighted by Gasteiger charge is -2.31. The summed E-state index contributed by atoms with van der Waals surface area (Å²) in [5.41, 5.74) is 2.69. The van der Waals surface area contributed by atoms with E-state index in [0.717, 1.165) is 48.8 Å². The molecule has 0 atom stereocenters. The monoisotopic (exact) mass is 393 g/mol. The van der Waals surface area contributed by atoms with E-state index in [9.17, 15) is 0 Å². The Hall–Kier alpha value is -3.07. The second kappa shape index (κ2) is 7.16. The van der Waals surface area contributed by atoms with Crippen molar-refractivity contribution in [2.45, 2.75) is 18.8 Å². The molecule has 0 aliphatic carbocycles. The Morgan fingerprint density at radius 1 is 1.11 bits per heavy atom. The molecule has 1 fully saturated rings. The van der Waals surface area contributed by atoms with Gasteiger partial charge in [-0.05, 0) is 47.5 Å². The van der Waals surface area contributed by atoms with Crippen LogP contribution in [0, 0.1) is 0 Å².